The number of nitrogens with one attached hydrogen (secondary N) is 2. The van der Waals surface area contributed by atoms with E-state index in [1.165, 1.54) is 6.07 Å². The molecule has 2 aromatic rings. The van der Waals surface area contributed by atoms with Crippen molar-refractivity contribution < 1.29 is 18.3 Å². The van der Waals surface area contributed by atoms with Gasteiger partial charge in [-0.15, -0.1) is 0 Å². The topological polar surface area (TPSA) is 50.4 Å². The number of rotatable bonds is 5. The van der Waals surface area contributed by atoms with Crippen molar-refractivity contribution in [3.63, 3.8) is 0 Å². The molecule has 4 nitrogen and oxygen atoms in total. The highest BCUT2D eigenvalue weighted by Gasteiger charge is 2.12. The Morgan fingerprint density at radius 1 is 1.17 bits per heavy atom. The van der Waals surface area contributed by atoms with E-state index < -0.39 is 17.7 Å². The first-order valence-corrected chi connectivity index (χ1v) is 7.25. The zero-order valence-corrected chi connectivity index (χ0v) is 12.9. The van der Waals surface area contributed by atoms with Gasteiger partial charge in [-0.3, -0.25) is 0 Å². The maximum Gasteiger partial charge on any atom is 0.319 e. The molecule has 0 aliphatic rings. The van der Waals surface area contributed by atoms with Crippen LogP contribution in [0.2, 0.25) is 0 Å². The molecule has 0 bridgehead atoms. The molecule has 0 spiro atoms. The van der Waals surface area contributed by atoms with Gasteiger partial charge in [-0.2, -0.15) is 0 Å². The van der Waals surface area contributed by atoms with Crippen LogP contribution < -0.4 is 15.4 Å². The fourth-order valence-corrected chi connectivity index (χ4v) is 2.05. The number of hydrogen-bond acceptors (Lipinski definition) is 2. The Morgan fingerprint density at radius 3 is 2.48 bits per heavy atom. The van der Waals surface area contributed by atoms with Crippen LogP contribution in [0.4, 0.5) is 19.3 Å². The van der Waals surface area contributed by atoms with E-state index in [1.807, 2.05) is 31.2 Å². The molecule has 0 saturated carbocycles. The molecule has 0 heterocycles. The van der Waals surface area contributed by atoms with Crippen LogP contribution >= 0.6 is 0 Å². The Kier molecular flexibility index (Phi) is 5.51. The Labute approximate surface area is 133 Å². The fraction of sp³-hybridized carbons (Fsp3) is 0.235. The van der Waals surface area contributed by atoms with Gasteiger partial charge in [0.2, 0.25) is 0 Å². The molecule has 6 heteroatoms. The van der Waals surface area contributed by atoms with E-state index in [0.717, 1.165) is 17.4 Å². The molecule has 0 aliphatic heterocycles. The van der Waals surface area contributed by atoms with Gasteiger partial charge in [-0.25, -0.2) is 13.6 Å². The quantitative estimate of drug-likeness (QED) is 0.865. The number of anilines is 1. The SMILES string of the molecule is CCOc1ccc(C(C)NC(=O)Nc2ccc(F)cc2F)cc1. The van der Waals surface area contributed by atoms with Crippen molar-refractivity contribution in [1.29, 1.82) is 0 Å². The molecule has 122 valence electrons. The van der Waals surface area contributed by atoms with Crippen molar-refractivity contribution in [2.45, 2.75) is 19.9 Å². The highest BCUT2D eigenvalue weighted by atomic mass is 19.1. The van der Waals surface area contributed by atoms with Crippen LogP contribution in [-0.4, -0.2) is 12.6 Å². The van der Waals surface area contributed by atoms with Crippen molar-refractivity contribution in [2.75, 3.05) is 11.9 Å². The molecule has 0 radical (unpaired) electrons. The largest absolute Gasteiger partial charge is 0.494 e. The minimum absolute atomic E-state index is 0.0807. The van der Waals surface area contributed by atoms with E-state index >= 15 is 0 Å². The van der Waals surface area contributed by atoms with Crippen LogP contribution in [0, 0.1) is 11.6 Å². The van der Waals surface area contributed by atoms with Gasteiger partial charge in [0.25, 0.3) is 0 Å². The number of amides is 2. The standard InChI is InChI=1S/C17H18F2N2O2/c1-3-23-14-7-4-12(5-8-14)11(2)20-17(22)21-16-9-6-13(18)10-15(16)19/h4-11H,3H2,1-2H3,(H2,20,21,22). The maximum atomic E-state index is 13.5. The van der Waals surface area contributed by atoms with Crippen molar-refractivity contribution in [1.82, 2.24) is 5.32 Å². The van der Waals surface area contributed by atoms with Crippen LogP contribution in [0.5, 0.6) is 5.75 Å². The number of benzene rings is 2. The summed E-state index contributed by atoms with van der Waals surface area (Å²) < 4.78 is 31.7. The lowest BCUT2D eigenvalue weighted by Gasteiger charge is -2.16. The molecule has 23 heavy (non-hydrogen) atoms. The van der Waals surface area contributed by atoms with E-state index in [2.05, 4.69) is 10.6 Å². The lowest BCUT2D eigenvalue weighted by molar-refractivity contribution is 0.249. The molecule has 1 unspecified atom stereocenters. The summed E-state index contributed by atoms with van der Waals surface area (Å²) in [6, 6.07) is 9.42. The van der Waals surface area contributed by atoms with E-state index in [0.29, 0.717) is 12.7 Å². The third kappa shape index (κ3) is 4.67. The molecule has 0 saturated heterocycles. The van der Waals surface area contributed by atoms with Crippen molar-refractivity contribution >= 4 is 11.7 Å². The number of ether oxygens (including phenoxy) is 1. The molecule has 0 aromatic heterocycles. The smallest absolute Gasteiger partial charge is 0.319 e. The summed E-state index contributed by atoms with van der Waals surface area (Å²) in [6.45, 7) is 4.28. The predicted molar refractivity (Wildman–Crippen MR) is 84.5 cm³/mol. The molecular formula is C17H18F2N2O2. The number of carbonyl (C=O) groups is 1. The number of carbonyl (C=O) groups excluding carboxylic acids is 1. The zero-order chi connectivity index (χ0) is 16.8. The molecule has 0 fully saturated rings. The normalized spacial score (nSPS) is 11.7. The van der Waals surface area contributed by atoms with Gasteiger partial charge in [0.15, 0.2) is 0 Å². The van der Waals surface area contributed by atoms with Gasteiger partial charge >= 0.3 is 6.03 Å². The number of hydrogen-bond donors (Lipinski definition) is 2. The summed E-state index contributed by atoms with van der Waals surface area (Å²) in [5, 5.41) is 5.04. The molecule has 2 rings (SSSR count). The van der Waals surface area contributed by atoms with Crippen molar-refractivity contribution in [3.05, 3.63) is 59.7 Å². The molecule has 0 aliphatic carbocycles. The van der Waals surface area contributed by atoms with Crippen molar-refractivity contribution in [3.8, 4) is 5.75 Å². The van der Waals surface area contributed by atoms with Gasteiger partial charge in [0, 0.05) is 6.07 Å². The zero-order valence-electron chi connectivity index (χ0n) is 12.9. The summed E-state index contributed by atoms with van der Waals surface area (Å²) in [5.74, 6) is -0.772. The number of urea groups is 1. The first-order valence-electron chi connectivity index (χ1n) is 7.25. The average Bonchev–Trinajstić information content (AvgIpc) is 2.51. The van der Waals surface area contributed by atoms with Crippen LogP contribution in [0.1, 0.15) is 25.5 Å². The number of halogens is 2. The predicted octanol–water partition coefficient (Wildman–Crippen LogP) is 4.25. The molecule has 2 aromatic carbocycles. The Hall–Kier alpha value is -2.63. The molecule has 2 N–H and O–H groups in total. The summed E-state index contributed by atoms with van der Waals surface area (Å²) in [7, 11) is 0. The minimum atomic E-state index is -0.825. The van der Waals surface area contributed by atoms with Crippen molar-refractivity contribution in [2.24, 2.45) is 0 Å². The van der Waals surface area contributed by atoms with Gasteiger partial charge in [-0.1, -0.05) is 12.1 Å². The second kappa shape index (κ2) is 7.58. The fourth-order valence-electron chi connectivity index (χ4n) is 2.05. The van der Waals surface area contributed by atoms with Crippen LogP contribution in [0.3, 0.4) is 0 Å². The van der Waals surface area contributed by atoms with Gasteiger partial charge < -0.3 is 15.4 Å². The molecule has 1 atom stereocenters. The third-order valence-electron chi connectivity index (χ3n) is 3.22. The van der Waals surface area contributed by atoms with Crippen LogP contribution in [-0.2, 0) is 0 Å². The van der Waals surface area contributed by atoms with Crippen LogP contribution in [0.15, 0.2) is 42.5 Å². The Morgan fingerprint density at radius 2 is 1.87 bits per heavy atom. The van der Waals surface area contributed by atoms with E-state index in [1.54, 1.807) is 6.92 Å². The Bertz CT molecular complexity index is 675. The van der Waals surface area contributed by atoms with Gasteiger partial charge in [0.05, 0.1) is 18.3 Å². The maximum absolute atomic E-state index is 13.5. The van der Waals surface area contributed by atoms with E-state index in [-0.39, 0.29) is 11.7 Å². The highest BCUT2D eigenvalue weighted by molar-refractivity contribution is 5.89. The second-order valence-electron chi connectivity index (χ2n) is 4.95. The van der Waals surface area contributed by atoms with E-state index in [4.69, 9.17) is 4.74 Å². The summed E-state index contributed by atoms with van der Waals surface area (Å²) >= 11 is 0. The average molecular weight is 320 g/mol. The lowest BCUT2D eigenvalue weighted by atomic mass is 10.1. The minimum Gasteiger partial charge on any atom is -0.494 e. The monoisotopic (exact) mass is 320 g/mol. The summed E-state index contributed by atoms with van der Waals surface area (Å²) in [4.78, 5) is 11.9. The molecular weight excluding hydrogens is 302 g/mol. The third-order valence-corrected chi connectivity index (χ3v) is 3.22. The van der Waals surface area contributed by atoms with E-state index in [9.17, 15) is 13.6 Å². The summed E-state index contributed by atoms with van der Waals surface area (Å²) in [6.07, 6.45) is 0. The van der Waals surface area contributed by atoms with Gasteiger partial charge in [0.1, 0.15) is 17.4 Å². The Balaban J connectivity index is 1.96. The first kappa shape index (κ1) is 16.7. The van der Waals surface area contributed by atoms with Crippen LogP contribution in [0.25, 0.3) is 0 Å². The lowest BCUT2D eigenvalue weighted by Crippen LogP contribution is -2.31. The highest BCUT2D eigenvalue weighted by Crippen LogP contribution is 2.18. The van der Waals surface area contributed by atoms with Gasteiger partial charge in [-0.05, 0) is 43.7 Å². The second-order valence-corrected chi connectivity index (χ2v) is 4.95. The summed E-state index contributed by atoms with van der Waals surface area (Å²) in [5.41, 5.74) is 0.797. The first-order chi connectivity index (χ1) is 11.0. The molecule has 2 amide bonds.